The van der Waals surface area contributed by atoms with Crippen molar-refractivity contribution in [3.63, 3.8) is 0 Å². The second-order valence-corrected chi connectivity index (χ2v) is 12.6. The lowest BCUT2D eigenvalue weighted by atomic mass is 10.0. The number of amides is 2. The minimum absolute atomic E-state index is 0.0177. The average molecular weight is 646 g/mol. The third kappa shape index (κ3) is 9.17. The molecule has 10 heteroatoms. The van der Waals surface area contributed by atoms with Crippen LogP contribution in [0, 0.1) is 5.82 Å². The number of carbonyl (C=O) groups excluding carboxylic acids is 2. The van der Waals surface area contributed by atoms with Crippen molar-refractivity contribution in [3.8, 4) is 5.75 Å². The molecule has 1 atom stereocenters. The van der Waals surface area contributed by atoms with Gasteiger partial charge in [-0.2, -0.15) is 0 Å². The Hall–Kier alpha value is -4.70. The van der Waals surface area contributed by atoms with E-state index in [1.807, 2.05) is 44.2 Å². The van der Waals surface area contributed by atoms with Gasteiger partial charge in [0.15, 0.2) is 0 Å². The number of halogens is 1. The largest absolute Gasteiger partial charge is 0.494 e. The van der Waals surface area contributed by atoms with Gasteiger partial charge in [0.1, 0.15) is 24.2 Å². The summed E-state index contributed by atoms with van der Waals surface area (Å²) in [4.78, 5) is 29.6. The standard InChI is InChI=1S/C36H40FN3O5S/c1-3-5-24-38-36(42)34(25-28-12-8-6-9-13-28)39(26-29-16-18-30(37)19-17-29)35(41)27-40(31-14-10-7-11-15-31)46(43,44)33-22-20-32(21-23-33)45-4-2/h6-23,34H,3-5,24-27H2,1-2H3,(H,38,42)/t34-/m1/s1. The van der Waals surface area contributed by atoms with E-state index in [2.05, 4.69) is 5.32 Å². The van der Waals surface area contributed by atoms with Crippen LogP contribution in [0.3, 0.4) is 0 Å². The number of ether oxygens (including phenoxy) is 1. The Bertz CT molecular complexity index is 1650. The third-order valence-corrected chi connectivity index (χ3v) is 9.20. The van der Waals surface area contributed by atoms with Crippen molar-refractivity contribution in [3.05, 3.63) is 126 Å². The van der Waals surface area contributed by atoms with Gasteiger partial charge in [-0.3, -0.25) is 13.9 Å². The first-order chi connectivity index (χ1) is 22.2. The van der Waals surface area contributed by atoms with Crippen molar-refractivity contribution in [2.24, 2.45) is 0 Å². The fourth-order valence-corrected chi connectivity index (χ4v) is 6.39. The molecule has 1 N–H and O–H groups in total. The fourth-order valence-electron chi connectivity index (χ4n) is 4.97. The molecule has 0 aliphatic heterocycles. The molecule has 0 aromatic heterocycles. The van der Waals surface area contributed by atoms with Crippen LogP contribution in [0.4, 0.5) is 10.1 Å². The SMILES string of the molecule is CCCCNC(=O)[C@@H](Cc1ccccc1)N(Cc1ccc(F)cc1)C(=O)CN(c1ccccc1)S(=O)(=O)c1ccc(OCC)cc1. The van der Waals surface area contributed by atoms with Crippen LogP contribution in [0.25, 0.3) is 0 Å². The minimum Gasteiger partial charge on any atom is -0.494 e. The molecule has 2 amide bonds. The Balaban J connectivity index is 1.75. The summed E-state index contributed by atoms with van der Waals surface area (Å²) >= 11 is 0. The molecule has 4 aromatic carbocycles. The summed E-state index contributed by atoms with van der Waals surface area (Å²) in [6.07, 6.45) is 1.83. The van der Waals surface area contributed by atoms with E-state index in [1.165, 1.54) is 29.2 Å². The van der Waals surface area contributed by atoms with Crippen molar-refractivity contribution in [1.29, 1.82) is 0 Å². The molecule has 0 heterocycles. The number of nitrogens with zero attached hydrogens (tertiary/aromatic N) is 2. The highest BCUT2D eigenvalue weighted by atomic mass is 32.2. The quantitative estimate of drug-likeness (QED) is 0.151. The zero-order chi connectivity index (χ0) is 32.9. The van der Waals surface area contributed by atoms with Crippen molar-refractivity contribution in [2.75, 3.05) is 24.0 Å². The van der Waals surface area contributed by atoms with E-state index in [0.29, 0.717) is 30.2 Å². The van der Waals surface area contributed by atoms with Crippen molar-refractivity contribution in [1.82, 2.24) is 10.2 Å². The van der Waals surface area contributed by atoms with Crippen molar-refractivity contribution < 1.29 is 27.1 Å². The number of hydrogen-bond acceptors (Lipinski definition) is 5. The van der Waals surface area contributed by atoms with E-state index in [9.17, 15) is 22.4 Å². The molecule has 0 aliphatic carbocycles. The minimum atomic E-state index is -4.24. The molecule has 8 nitrogen and oxygen atoms in total. The van der Waals surface area contributed by atoms with Gasteiger partial charge in [-0.1, -0.05) is 74.0 Å². The second-order valence-electron chi connectivity index (χ2n) is 10.7. The number of benzene rings is 4. The molecule has 46 heavy (non-hydrogen) atoms. The Morgan fingerprint density at radius 1 is 0.826 bits per heavy atom. The maximum absolute atomic E-state index is 14.4. The fraction of sp³-hybridized carbons (Fsp3) is 0.278. The predicted octanol–water partition coefficient (Wildman–Crippen LogP) is 5.98. The first kappa shape index (κ1) is 34.2. The number of rotatable bonds is 16. The van der Waals surface area contributed by atoms with Gasteiger partial charge < -0.3 is 15.0 Å². The number of para-hydroxylation sites is 1. The van der Waals surface area contributed by atoms with Crippen LogP contribution >= 0.6 is 0 Å². The van der Waals surface area contributed by atoms with Crippen LogP contribution < -0.4 is 14.4 Å². The molecule has 0 bridgehead atoms. The maximum atomic E-state index is 14.4. The summed E-state index contributed by atoms with van der Waals surface area (Å²) < 4.78 is 48.6. The first-order valence-corrected chi connectivity index (χ1v) is 16.8. The molecule has 0 saturated heterocycles. The molecule has 0 fully saturated rings. The Kier molecular flexibility index (Phi) is 12.3. The predicted molar refractivity (Wildman–Crippen MR) is 177 cm³/mol. The van der Waals surface area contributed by atoms with Crippen LogP contribution in [-0.2, 0) is 32.6 Å². The molecule has 0 aliphatic rings. The normalized spacial score (nSPS) is 11.8. The highest BCUT2D eigenvalue weighted by molar-refractivity contribution is 7.92. The number of hydrogen-bond donors (Lipinski definition) is 1. The van der Waals surface area contributed by atoms with E-state index >= 15 is 0 Å². The van der Waals surface area contributed by atoms with Crippen molar-refractivity contribution >= 4 is 27.5 Å². The van der Waals surface area contributed by atoms with Crippen LogP contribution in [0.15, 0.2) is 114 Å². The monoisotopic (exact) mass is 645 g/mol. The Morgan fingerprint density at radius 2 is 1.46 bits per heavy atom. The van der Waals surface area contributed by atoms with Crippen LogP contribution in [0.1, 0.15) is 37.8 Å². The van der Waals surface area contributed by atoms with Gasteiger partial charge in [0, 0.05) is 19.5 Å². The summed E-state index contributed by atoms with van der Waals surface area (Å²) in [7, 11) is -4.24. The molecule has 4 aromatic rings. The van der Waals surface area contributed by atoms with E-state index in [0.717, 1.165) is 22.7 Å². The molecular weight excluding hydrogens is 605 g/mol. The van der Waals surface area contributed by atoms with Gasteiger partial charge in [-0.15, -0.1) is 0 Å². The summed E-state index contributed by atoms with van der Waals surface area (Å²) in [5.74, 6) is -0.855. The zero-order valence-corrected chi connectivity index (χ0v) is 27.0. The Labute approximate surface area is 270 Å². The second kappa shape index (κ2) is 16.6. The van der Waals surface area contributed by atoms with Crippen LogP contribution in [0.5, 0.6) is 5.75 Å². The lowest BCUT2D eigenvalue weighted by Crippen LogP contribution is -2.53. The molecule has 0 spiro atoms. The summed E-state index contributed by atoms with van der Waals surface area (Å²) in [6, 6.07) is 28.4. The van der Waals surface area contributed by atoms with Gasteiger partial charge in [-0.25, -0.2) is 12.8 Å². The van der Waals surface area contributed by atoms with E-state index in [-0.39, 0.29) is 23.8 Å². The summed E-state index contributed by atoms with van der Waals surface area (Å²) in [5, 5.41) is 2.95. The van der Waals surface area contributed by atoms with Crippen molar-refractivity contribution in [2.45, 2.75) is 50.6 Å². The number of sulfonamides is 1. The lowest BCUT2D eigenvalue weighted by molar-refractivity contribution is -0.140. The highest BCUT2D eigenvalue weighted by Gasteiger charge is 2.34. The molecule has 242 valence electrons. The topological polar surface area (TPSA) is 96.0 Å². The molecular formula is C36H40FN3O5S. The van der Waals surface area contributed by atoms with E-state index < -0.39 is 34.3 Å². The van der Waals surface area contributed by atoms with Crippen LogP contribution in [-0.4, -0.2) is 50.9 Å². The first-order valence-electron chi connectivity index (χ1n) is 15.4. The zero-order valence-electron chi connectivity index (χ0n) is 26.1. The number of anilines is 1. The number of unbranched alkanes of at least 4 members (excludes halogenated alkanes) is 1. The number of carbonyl (C=O) groups is 2. The van der Waals surface area contributed by atoms with Crippen LogP contribution in [0.2, 0.25) is 0 Å². The maximum Gasteiger partial charge on any atom is 0.264 e. The molecule has 0 saturated carbocycles. The molecule has 0 radical (unpaired) electrons. The molecule has 0 unspecified atom stereocenters. The highest BCUT2D eigenvalue weighted by Crippen LogP contribution is 2.26. The third-order valence-electron chi connectivity index (χ3n) is 7.41. The van der Waals surface area contributed by atoms with E-state index in [4.69, 9.17) is 4.74 Å². The lowest BCUT2D eigenvalue weighted by Gasteiger charge is -2.34. The van der Waals surface area contributed by atoms with Gasteiger partial charge in [0.05, 0.1) is 17.2 Å². The van der Waals surface area contributed by atoms with Gasteiger partial charge >= 0.3 is 0 Å². The average Bonchev–Trinajstić information content (AvgIpc) is 3.07. The van der Waals surface area contributed by atoms with E-state index in [1.54, 1.807) is 54.6 Å². The number of nitrogens with one attached hydrogen (secondary N) is 1. The molecule has 4 rings (SSSR count). The summed E-state index contributed by atoms with van der Waals surface area (Å²) in [6.45, 7) is 4.09. The Morgan fingerprint density at radius 3 is 2.07 bits per heavy atom. The summed E-state index contributed by atoms with van der Waals surface area (Å²) in [5.41, 5.74) is 1.71. The van der Waals surface area contributed by atoms with Gasteiger partial charge in [0.2, 0.25) is 11.8 Å². The van der Waals surface area contributed by atoms with Gasteiger partial charge in [0.25, 0.3) is 10.0 Å². The smallest absolute Gasteiger partial charge is 0.264 e. The van der Waals surface area contributed by atoms with Gasteiger partial charge in [-0.05, 0) is 73.0 Å².